The molecule has 5 heteroatoms. The van der Waals surface area contributed by atoms with E-state index in [4.69, 9.17) is 0 Å². The van der Waals surface area contributed by atoms with Crippen molar-refractivity contribution in [1.82, 2.24) is 10.0 Å². The van der Waals surface area contributed by atoms with Gasteiger partial charge in [-0.05, 0) is 48.8 Å². The molecule has 2 aliphatic carbocycles. The highest BCUT2D eigenvalue weighted by molar-refractivity contribution is 7.88. The van der Waals surface area contributed by atoms with Gasteiger partial charge >= 0.3 is 0 Å². The SMILES string of the molecule is CC1(C2C=CC=C(NS(C)(=O)=O)C2)C2CNCC21. The van der Waals surface area contributed by atoms with Crippen molar-refractivity contribution in [2.45, 2.75) is 13.3 Å². The van der Waals surface area contributed by atoms with Gasteiger partial charge in [-0.1, -0.05) is 19.1 Å². The predicted molar refractivity (Wildman–Crippen MR) is 71.3 cm³/mol. The Morgan fingerprint density at radius 2 is 2.06 bits per heavy atom. The molecule has 2 N–H and O–H groups in total. The lowest BCUT2D eigenvalue weighted by atomic mass is 9.81. The minimum atomic E-state index is -3.16. The van der Waals surface area contributed by atoms with Gasteiger partial charge < -0.3 is 5.32 Å². The Morgan fingerprint density at radius 1 is 1.39 bits per heavy atom. The molecule has 3 unspecified atom stereocenters. The zero-order chi connectivity index (χ0) is 13.0. The number of sulfonamides is 1. The van der Waals surface area contributed by atoms with Crippen LogP contribution >= 0.6 is 0 Å². The molecule has 0 spiro atoms. The maximum atomic E-state index is 11.3. The molecule has 0 aromatic rings. The molecule has 1 aliphatic heterocycles. The van der Waals surface area contributed by atoms with Gasteiger partial charge in [-0.25, -0.2) is 8.42 Å². The molecular formula is C13H20N2O2S. The van der Waals surface area contributed by atoms with E-state index >= 15 is 0 Å². The van der Waals surface area contributed by atoms with E-state index in [1.54, 1.807) is 0 Å². The van der Waals surface area contributed by atoms with Crippen molar-refractivity contribution in [3.8, 4) is 0 Å². The van der Waals surface area contributed by atoms with Crippen LogP contribution in [-0.4, -0.2) is 27.8 Å². The Balaban J connectivity index is 1.71. The van der Waals surface area contributed by atoms with Crippen LogP contribution in [-0.2, 0) is 10.0 Å². The highest BCUT2D eigenvalue weighted by Crippen LogP contribution is 2.66. The molecular weight excluding hydrogens is 248 g/mol. The molecule has 0 aromatic heterocycles. The third kappa shape index (κ3) is 1.89. The van der Waals surface area contributed by atoms with E-state index in [0.29, 0.717) is 11.3 Å². The number of piperidine rings is 1. The van der Waals surface area contributed by atoms with Crippen molar-refractivity contribution in [3.63, 3.8) is 0 Å². The molecule has 0 amide bonds. The van der Waals surface area contributed by atoms with E-state index < -0.39 is 10.0 Å². The normalized spacial score (nSPS) is 42.3. The average molecular weight is 268 g/mol. The largest absolute Gasteiger partial charge is 0.316 e. The fourth-order valence-electron chi connectivity index (χ4n) is 3.81. The van der Waals surface area contributed by atoms with Crippen molar-refractivity contribution in [2.75, 3.05) is 19.3 Å². The van der Waals surface area contributed by atoms with Crippen LogP contribution in [0.5, 0.6) is 0 Å². The van der Waals surface area contributed by atoms with E-state index in [1.165, 1.54) is 6.26 Å². The van der Waals surface area contributed by atoms with E-state index in [9.17, 15) is 8.42 Å². The average Bonchev–Trinajstić information content (AvgIpc) is 2.68. The number of rotatable bonds is 3. The van der Waals surface area contributed by atoms with Crippen LogP contribution in [0.25, 0.3) is 0 Å². The predicted octanol–water partition coefficient (Wildman–Crippen LogP) is 0.851. The van der Waals surface area contributed by atoms with Gasteiger partial charge in [0.2, 0.25) is 10.0 Å². The highest BCUT2D eigenvalue weighted by atomic mass is 32.2. The Labute approximate surface area is 109 Å². The monoisotopic (exact) mass is 268 g/mol. The first-order chi connectivity index (χ1) is 8.41. The van der Waals surface area contributed by atoms with Crippen LogP contribution in [0.3, 0.4) is 0 Å². The second kappa shape index (κ2) is 3.84. The first-order valence-electron chi connectivity index (χ1n) is 6.47. The number of nitrogens with one attached hydrogen (secondary N) is 2. The van der Waals surface area contributed by atoms with Gasteiger partial charge in [0.25, 0.3) is 0 Å². The minimum absolute atomic E-state index is 0.362. The molecule has 0 aromatic carbocycles. The molecule has 3 rings (SSSR count). The molecule has 1 saturated carbocycles. The molecule has 3 aliphatic rings. The highest BCUT2D eigenvalue weighted by Gasteiger charge is 2.65. The summed E-state index contributed by atoms with van der Waals surface area (Å²) >= 11 is 0. The zero-order valence-electron chi connectivity index (χ0n) is 10.8. The van der Waals surface area contributed by atoms with Gasteiger partial charge in [-0.2, -0.15) is 0 Å². The fourth-order valence-corrected chi connectivity index (χ4v) is 4.44. The summed E-state index contributed by atoms with van der Waals surface area (Å²) in [5.41, 5.74) is 1.18. The Bertz CT molecular complexity index is 511. The summed E-state index contributed by atoms with van der Waals surface area (Å²) in [6, 6.07) is 0. The Kier molecular flexibility index (Phi) is 2.61. The zero-order valence-corrected chi connectivity index (χ0v) is 11.6. The second-order valence-electron chi connectivity index (χ2n) is 6.00. The summed E-state index contributed by atoms with van der Waals surface area (Å²) in [5.74, 6) is 2.00. The molecule has 1 heterocycles. The van der Waals surface area contributed by atoms with E-state index in [-0.39, 0.29) is 0 Å². The number of hydrogen-bond acceptors (Lipinski definition) is 3. The van der Waals surface area contributed by atoms with Gasteiger partial charge in [-0.3, -0.25) is 4.72 Å². The maximum Gasteiger partial charge on any atom is 0.229 e. The summed E-state index contributed by atoms with van der Waals surface area (Å²) in [6.07, 6.45) is 8.13. The second-order valence-corrected chi connectivity index (χ2v) is 7.75. The van der Waals surface area contributed by atoms with Gasteiger partial charge in [0.1, 0.15) is 0 Å². The number of hydrogen-bond donors (Lipinski definition) is 2. The number of allylic oxidation sites excluding steroid dienone is 4. The van der Waals surface area contributed by atoms with Crippen LogP contribution < -0.4 is 10.0 Å². The quantitative estimate of drug-likeness (QED) is 0.798. The third-order valence-electron chi connectivity index (χ3n) is 4.90. The van der Waals surface area contributed by atoms with E-state index in [0.717, 1.165) is 37.0 Å². The Hall–Kier alpha value is -0.810. The van der Waals surface area contributed by atoms with Crippen LogP contribution in [0.4, 0.5) is 0 Å². The van der Waals surface area contributed by atoms with Crippen LogP contribution in [0.2, 0.25) is 0 Å². The first-order valence-corrected chi connectivity index (χ1v) is 8.36. The topological polar surface area (TPSA) is 58.2 Å². The molecule has 3 atom stereocenters. The Morgan fingerprint density at radius 3 is 2.67 bits per heavy atom. The van der Waals surface area contributed by atoms with Gasteiger partial charge in [0.05, 0.1) is 6.26 Å². The lowest BCUT2D eigenvalue weighted by molar-refractivity contribution is 0.316. The summed E-state index contributed by atoms with van der Waals surface area (Å²) in [4.78, 5) is 0. The minimum Gasteiger partial charge on any atom is -0.316 e. The molecule has 2 fully saturated rings. The van der Waals surface area contributed by atoms with Crippen LogP contribution in [0, 0.1) is 23.2 Å². The summed E-state index contributed by atoms with van der Waals surface area (Å²) in [6.45, 7) is 4.58. The third-order valence-corrected chi connectivity index (χ3v) is 5.53. The summed E-state index contributed by atoms with van der Waals surface area (Å²) < 4.78 is 25.2. The van der Waals surface area contributed by atoms with Crippen molar-refractivity contribution < 1.29 is 8.42 Å². The van der Waals surface area contributed by atoms with Crippen molar-refractivity contribution in [2.24, 2.45) is 23.2 Å². The van der Waals surface area contributed by atoms with Crippen molar-refractivity contribution in [1.29, 1.82) is 0 Å². The standard InChI is InChI=1S/C13H20N2O2S/c1-13(11-7-14-8-12(11)13)9-4-3-5-10(6-9)15-18(2,16)17/h3-5,9,11-12,14-15H,6-8H2,1-2H3. The van der Waals surface area contributed by atoms with Crippen molar-refractivity contribution >= 4 is 10.0 Å². The summed E-state index contributed by atoms with van der Waals surface area (Å²) in [5, 5.41) is 3.42. The lowest BCUT2D eigenvalue weighted by Gasteiger charge is -2.28. The molecule has 1 saturated heterocycles. The first kappa shape index (κ1) is 12.2. The molecule has 18 heavy (non-hydrogen) atoms. The van der Waals surface area contributed by atoms with Gasteiger partial charge in [0.15, 0.2) is 0 Å². The fraction of sp³-hybridized carbons (Fsp3) is 0.692. The lowest BCUT2D eigenvalue weighted by Crippen LogP contribution is -2.30. The van der Waals surface area contributed by atoms with E-state index in [2.05, 4.69) is 23.0 Å². The molecule has 0 radical (unpaired) electrons. The van der Waals surface area contributed by atoms with Crippen LogP contribution in [0.1, 0.15) is 13.3 Å². The summed E-state index contributed by atoms with van der Waals surface area (Å²) in [7, 11) is -3.16. The number of fused-ring (bicyclic) bond motifs is 1. The smallest absolute Gasteiger partial charge is 0.229 e. The van der Waals surface area contributed by atoms with Gasteiger partial charge in [0, 0.05) is 5.70 Å². The van der Waals surface area contributed by atoms with E-state index in [1.807, 2.05) is 12.2 Å². The maximum absolute atomic E-state index is 11.3. The van der Waals surface area contributed by atoms with Gasteiger partial charge in [-0.15, -0.1) is 0 Å². The molecule has 4 nitrogen and oxygen atoms in total. The van der Waals surface area contributed by atoms with Crippen molar-refractivity contribution in [3.05, 3.63) is 23.9 Å². The van der Waals surface area contributed by atoms with Crippen LogP contribution in [0.15, 0.2) is 23.9 Å². The molecule has 0 bridgehead atoms. The molecule has 100 valence electrons.